The van der Waals surface area contributed by atoms with Gasteiger partial charge in [0.25, 0.3) is 0 Å². The van der Waals surface area contributed by atoms with E-state index in [1.165, 1.54) is 11.3 Å². The van der Waals surface area contributed by atoms with E-state index in [1.54, 1.807) is 6.20 Å². The minimum absolute atomic E-state index is 0.580. The number of thiazole rings is 1. The fraction of sp³-hybridized carbons (Fsp3) is 0.182. The van der Waals surface area contributed by atoms with Gasteiger partial charge in [-0.05, 0) is 12.1 Å². The lowest BCUT2D eigenvalue weighted by molar-refractivity contribution is 0.585. The van der Waals surface area contributed by atoms with Gasteiger partial charge >= 0.3 is 0 Å². The quantitative estimate of drug-likeness (QED) is 0.850. The monoisotopic (exact) mass is 252 g/mol. The first-order valence-corrected chi connectivity index (χ1v) is 7.84. The van der Waals surface area contributed by atoms with Crippen LogP contribution in [-0.4, -0.2) is 11.1 Å². The Morgan fingerprint density at radius 2 is 2.12 bits per heavy atom. The van der Waals surface area contributed by atoms with Gasteiger partial charge in [-0.25, -0.2) is 4.98 Å². The molecule has 1 N–H and O–H groups in total. The van der Waals surface area contributed by atoms with Crippen LogP contribution < -0.4 is 10.4 Å². The van der Waals surface area contributed by atoms with E-state index in [0.717, 1.165) is 5.30 Å². The Morgan fingerprint density at radius 3 is 2.69 bits per heavy atom. The molecule has 0 bridgehead atoms. The minimum Gasteiger partial charge on any atom is -0.309 e. The SMILES string of the molecule is CCP(=O)(Nc1nccs1)c1ccccc1. The fourth-order valence-electron chi connectivity index (χ4n) is 1.43. The Labute approximate surface area is 99.0 Å². The van der Waals surface area contributed by atoms with Crippen molar-refractivity contribution in [3.8, 4) is 0 Å². The van der Waals surface area contributed by atoms with Gasteiger partial charge in [0, 0.05) is 23.0 Å². The first-order chi connectivity index (χ1) is 7.74. The normalized spacial score (nSPS) is 14.3. The molecule has 1 unspecified atom stereocenters. The van der Waals surface area contributed by atoms with Crippen molar-refractivity contribution >= 4 is 29.1 Å². The van der Waals surface area contributed by atoms with Gasteiger partial charge in [-0.1, -0.05) is 25.1 Å². The summed E-state index contributed by atoms with van der Waals surface area (Å²) in [5.41, 5.74) is 0. The van der Waals surface area contributed by atoms with E-state index in [4.69, 9.17) is 0 Å². The number of nitrogens with one attached hydrogen (secondary N) is 1. The van der Waals surface area contributed by atoms with E-state index in [2.05, 4.69) is 10.1 Å². The summed E-state index contributed by atoms with van der Waals surface area (Å²) in [5.74, 6) is 0. The third-order valence-electron chi connectivity index (χ3n) is 2.33. The summed E-state index contributed by atoms with van der Waals surface area (Å²) < 4.78 is 12.7. The molecule has 0 amide bonds. The van der Waals surface area contributed by atoms with Crippen LogP contribution in [0.15, 0.2) is 41.9 Å². The van der Waals surface area contributed by atoms with Crippen molar-refractivity contribution < 1.29 is 4.57 Å². The second-order valence-corrected chi connectivity index (χ2v) is 7.09. The van der Waals surface area contributed by atoms with Gasteiger partial charge in [0.1, 0.15) is 0 Å². The minimum atomic E-state index is -2.54. The highest BCUT2D eigenvalue weighted by Gasteiger charge is 2.22. The highest BCUT2D eigenvalue weighted by atomic mass is 32.1. The molecule has 0 fully saturated rings. The molecule has 3 nitrogen and oxygen atoms in total. The van der Waals surface area contributed by atoms with Crippen LogP contribution in [0.25, 0.3) is 0 Å². The lowest BCUT2D eigenvalue weighted by Crippen LogP contribution is -2.13. The Kier molecular flexibility index (Phi) is 3.42. The molecule has 5 heteroatoms. The van der Waals surface area contributed by atoms with Crippen molar-refractivity contribution in [3.05, 3.63) is 41.9 Å². The van der Waals surface area contributed by atoms with E-state index >= 15 is 0 Å². The molecule has 2 aromatic rings. The van der Waals surface area contributed by atoms with E-state index in [1.807, 2.05) is 42.6 Å². The predicted molar refractivity (Wildman–Crippen MR) is 70.0 cm³/mol. The van der Waals surface area contributed by atoms with Gasteiger partial charge < -0.3 is 5.09 Å². The van der Waals surface area contributed by atoms with Crippen LogP contribution in [0.2, 0.25) is 0 Å². The van der Waals surface area contributed by atoms with Gasteiger partial charge in [0.15, 0.2) is 12.4 Å². The van der Waals surface area contributed by atoms with Crippen LogP contribution in [0.4, 0.5) is 5.13 Å². The van der Waals surface area contributed by atoms with E-state index < -0.39 is 7.29 Å². The fourth-order valence-corrected chi connectivity index (χ4v) is 4.13. The maximum Gasteiger partial charge on any atom is 0.199 e. The van der Waals surface area contributed by atoms with Crippen LogP contribution in [0.3, 0.4) is 0 Å². The number of anilines is 1. The Balaban J connectivity index is 2.30. The third-order valence-corrected chi connectivity index (χ3v) is 5.76. The molecule has 0 aliphatic heterocycles. The summed E-state index contributed by atoms with van der Waals surface area (Å²) in [7, 11) is -2.54. The zero-order valence-corrected chi connectivity index (χ0v) is 10.7. The number of benzene rings is 1. The van der Waals surface area contributed by atoms with Crippen LogP contribution in [-0.2, 0) is 4.57 Å². The first-order valence-electron chi connectivity index (χ1n) is 5.07. The average molecular weight is 252 g/mol. The van der Waals surface area contributed by atoms with Crippen molar-refractivity contribution in [2.45, 2.75) is 6.92 Å². The Morgan fingerprint density at radius 1 is 1.38 bits per heavy atom. The molecular weight excluding hydrogens is 239 g/mol. The molecule has 84 valence electrons. The maximum absolute atomic E-state index is 12.7. The van der Waals surface area contributed by atoms with Crippen molar-refractivity contribution in [1.29, 1.82) is 0 Å². The van der Waals surface area contributed by atoms with Crippen LogP contribution >= 0.6 is 18.6 Å². The molecule has 1 aromatic heterocycles. The summed E-state index contributed by atoms with van der Waals surface area (Å²) in [6, 6.07) is 9.52. The lowest BCUT2D eigenvalue weighted by atomic mass is 10.4. The van der Waals surface area contributed by atoms with Crippen LogP contribution in [0.1, 0.15) is 6.92 Å². The molecule has 0 radical (unpaired) electrons. The molecular formula is C11H13N2OPS. The topological polar surface area (TPSA) is 42.0 Å². The summed E-state index contributed by atoms with van der Waals surface area (Å²) >= 11 is 1.47. The van der Waals surface area contributed by atoms with E-state index in [9.17, 15) is 4.57 Å². The molecule has 0 aliphatic rings. The van der Waals surface area contributed by atoms with Gasteiger partial charge in [0.2, 0.25) is 0 Å². The summed E-state index contributed by atoms with van der Waals surface area (Å²) in [5, 5.41) is 6.50. The zero-order chi connectivity index (χ0) is 11.4. The second kappa shape index (κ2) is 4.81. The van der Waals surface area contributed by atoms with Gasteiger partial charge in [-0.15, -0.1) is 11.3 Å². The molecule has 0 saturated heterocycles. The maximum atomic E-state index is 12.7. The summed E-state index contributed by atoms with van der Waals surface area (Å²) in [6.45, 7) is 1.92. The van der Waals surface area contributed by atoms with Crippen molar-refractivity contribution in [1.82, 2.24) is 4.98 Å². The van der Waals surface area contributed by atoms with Crippen LogP contribution in [0.5, 0.6) is 0 Å². The highest BCUT2D eigenvalue weighted by Crippen LogP contribution is 2.44. The van der Waals surface area contributed by atoms with Crippen molar-refractivity contribution in [2.24, 2.45) is 0 Å². The highest BCUT2D eigenvalue weighted by molar-refractivity contribution is 7.73. The zero-order valence-electron chi connectivity index (χ0n) is 8.96. The lowest BCUT2D eigenvalue weighted by Gasteiger charge is -2.17. The smallest absolute Gasteiger partial charge is 0.199 e. The predicted octanol–water partition coefficient (Wildman–Crippen LogP) is 3.18. The summed E-state index contributed by atoms with van der Waals surface area (Å²) in [6.07, 6.45) is 2.29. The van der Waals surface area contributed by atoms with Crippen LogP contribution in [0, 0.1) is 0 Å². The Hall–Kier alpha value is -1.12. The van der Waals surface area contributed by atoms with Gasteiger partial charge in [-0.2, -0.15) is 0 Å². The largest absolute Gasteiger partial charge is 0.309 e. The number of nitrogens with zero attached hydrogens (tertiary/aromatic N) is 1. The van der Waals surface area contributed by atoms with Gasteiger partial charge in [-0.3, -0.25) is 4.57 Å². The molecule has 0 saturated carbocycles. The number of hydrogen-bond acceptors (Lipinski definition) is 3. The number of hydrogen-bond donors (Lipinski definition) is 1. The second-order valence-electron chi connectivity index (χ2n) is 3.34. The van der Waals surface area contributed by atoms with E-state index in [-0.39, 0.29) is 0 Å². The summed E-state index contributed by atoms with van der Waals surface area (Å²) in [4.78, 5) is 4.11. The molecule has 2 rings (SSSR count). The molecule has 0 aliphatic carbocycles. The van der Waals surface area contributed by atoms with Crippen molar-refractivity contribution in [3.63, 3.8) is 0 Å². The van der Waals surface area contributed by atoms with Gasteiger partial charge in [0.05, 0.1) is 0 Å². The molecule has 1 atom stereocenters. The molecule has 1 aromatic carbocycles. The molecule has 1 heterocycles. The standard InChI is InChI=1S/C11H13N2OPS/c1-2-15(14,10-6-4-3-5-7-10)13-11-12-8-9-16-11/h3-9H,2H2,1H3,(H,12,13,14). The van der Waals surface area contributed by atoms with E-state index in [0.29, 0.717) is 11.3 Å². The Bertz CT molecular complexity index is 484. The number of rotatable bonds is 4. The molecule has 0 spiro atoms. The first kappa shape index (κ1) is 11.4. The molecule has 16 heavy (non-hydrogen) atoms. The third kappa shape index (κ3) is 2.34. The number of aromatic nitrogens is 1. The van der Waals surface area contributed by atoms with Crippen molar-refractivity contribution in [2.75, 3.05) is 11.2 Å². The average Bonchev–Trinajstić information content (AvgIpc) is 2.83.